The van der Waals surface area contributed by atoms with E-state index in [1.54, 1.807) is 12.1 Å². The molecule has 0 fully saturated rings. The molecule has 10 heteroatoms. The normalized spacial score (nSPS) is 9.93. The maximum atomic E-state index is 13.4. The van der Waals surface area contributed by atoms with Gasteiger partial charge in [-0.25, -0.2) is 9.18 Å². The van der Waals surface area contributed by atoms with Crippen molar-refractivity contribution in [3.05, 3.63) is 59.9 Å². The molecule has 4 amide bonds. The van der Waals surface area contributed by atoms with Crippen molar-refractivity contribution >= 4 is 29.5 Å². The highest BCUT2D eigenvalue weighted by molar-refractivity contribution is 6.02. The topological polar surface area (TPSA) is 123 Å². The third-order valence-corrected chi connectivity index (χ3v) is 3.56. The van der Waals surface area contributed by atoms with E-state index in [-0.39, 0.29) is 5.69 Å². The largest absolute Gasteiger partial charge is 0.494 e. The average Bonchev–Trinajstić information content (AvgIpc) is 2.73. The zero-order chi connectivity index (χ0) is 21.9. The molecular formula is C20H20FN3O6. The standard InChI is InChI=1S/C20H20FN3O6/c1-2-29-14-9-7-13(8-10-14)19(27)22-11-18(26)30-12-17(25)24-20(28)23-16-6-4-3-5-15(16)21/h3-10H,2,11-12H2,1H3,(H,22,27)(H2,23,24,25,28). The molecule has 0 aliphatic rings. The molecule has 0 bridgehead atoms. The smallest absolute Gasteiger partial charge is 0.326 e. The Morgan fingerprint density at radius 2 is 1.70 bits per heavy atom. The van der Waals surface area contributed by atoms with E-state index in [4.69, 9.17) is 4.74 Å². The Kier molecular flexibility index (Phi) is 8.30. The number of halogens is 1. The number of carbonyl (C=O) groups excluding carboxylic acids is 4. The van der Waals surface area contributed by atoms with Gasteiger partial charge in [-0.1, -0.05) is 12.1 Å². The lowest BCUT2D eigenvalue weighted by molar-refractivity contribution is -0.147. The number of benzene rings is 2. The van der Waals surface area contributed by atoms with Crippen LogP contribution in [0.3, 0.4) is 0 Å². The second-order valence-corrected chi connectivity index (χ2v) is 5.78. The fourth-order valence-corrected chi connectivity index (χ4v) is 2.20. The van der Waals surface area contributed by atoms with Crippen LogP contribution in [0.15, 0.2) is 48.5 Å². The molecule has 2 aromatic carbocycles. The van der Waals surface area contributed by atoms with Gasteiger partial charge in [0.15, 0.2) is 6.61 Å². The van der Waals surface area contributed by atoms with E-state index in [1.807, 2.05) is 12.2 Å². The molecule has 9 nitrogen and oxygen atoms in total. The molecule has 0 atom stereocenters. The summed E-state index contributed by atoms with van der Waals surface area (Å²) in [6, 6.07) is 10.7. The molecule has 0 saturated carbocycles. The van der Waals surface area contributed by atoms with E-state index >= 15 is 0 Å². The Bertz CT molecular complexity index is 917. The van der Waals surface area contributed by atoms with Crippen molar-refractivity contribution < 1.29 is 33.0 Å². The Labute approximate surface area is 171 Å². The summed E-state index contributed by atoms with van der Waals surface area (Å²) in [4.78, 5) is 46.9. The number of para-hydroxylation sites is 1. The van der Waals surface area contributed by atoms with Crippen LogP contribution in [0.25, 0.3) is 0 Å². The molecule has 0 unspecified atom stereocenters. The number of esters is 1. The van der Waals surface area contributed by atoms with Crippen LogP contribution in [0.2, 0.25) is 0 Å². The Balaban J connectivity index is 1.69. The monoisotopic (exact) mass is 417 g/mol. The van der Waals surface area contributed by atoms with Crippen LogP contribution in [-0.4, -0.2) is 43.6 Å². The summed E-state index contributed by atoms with van der Waals surface area (Å²) in [6.45, 7) is 1.11. The minimum absolute atomic E-state index is 0.114. The van der Waals surface area contributed by atoms with Crippen molar-refractivity contribution in [1.82, 2.24) is 10.6 Å². The lowest BCUT2D eigenvalue weighted by atomic mass is 10.2. The lowest BCUT2D eigenvalue weighted by Gasteiger charge is -2.09. The SMILES string of the molecule is CCOc1ccc(C(=O)NCC(=O)OCC(=O)NC(=O)Nc2ccccc2F)cc1. The number of amides is 4. The highest BCUT2D eigenvalue weighted by Crippen LogP contribution is 2.12. The van der Waals surface area contributed by atoms with Gasteiger partial charge in [0.2, 0.25) is 0 Å². The maximum absolute atomic E-state index is 13.4. The van der Waals surface area contributed by atoms with Gasteiger partial charge in [-0.05, 0) is 43.3 Å². The van der Waals surface area contributed by atoms with Crippen LogP contribution in [0.4, 0.5) is 14.9 Å². The number of ether oxygens (including phenoxy) is 2. The number of hydrogen-bond donors (Lipinski definition) is 3. The second kappa shape index (κ2) is 11.1. The van der Waals surface area contributed by atoms with Gasteiger partial charge in [-0.2, -0.15) is 0 Å². The first-order valence-corrected chi connectivity index (χ1v) is 8.91. The quantitative estimate of drug-likeness (QED) is 0.564. The van der Waals surface area contributed by atoms with Crippen molar-refractivity contribution in [3.8, 4) is 5.75 Å². The van der Waals surface area contributed by atoms with E-state index in [1.165, 1.54) is 30.3 Å². The van der Waals surface area contributed by atoms with Gasteiger partial charge >= 0.3 is 12.0 Å². The summed E-state index contributed by atoms with van der Waals surface area (Å²) in [6.07, 6.45) is 0. The average molecular weight is 417 g/mol. The van der Waals surface area contributed by atoms with E-state index in [9.17, 15) is 23.6 Å². The zero-order valence-corrected chi connectivity index (χ0v) is 16.1. The molecule has 158 valence electrons. The van der Waals surface area contributed by atoms with Crippen molar-refractivity contribution in [2.75, 3.05) is 25.1 Å². The summed E-state index contributed by atoms with van der Waals surface area (Å²) >= 11 is 0. The van der Waals surface area contributed by atoms with Gasteiger partial charge in [-0.3, -0.25) is 19.7 Å². The summed E-state index contributed by atoms with van der Waals surface area (Å²) < 4.78 is 23.4. The highest BCUT2D eigenvalue weighted by Gasteiger charge is 2.13. The van der Waals surface area contributed by atoms with E-state index in [2.05, 4.69) is 15.4 Å². The van der Waals surface area contributed by atoms with E-state index < -0.39 is 42.8 Å². The Hall–Kier alpha value is -3.95. The molecule has 0 spiro atoms. The number of carbonyl (C=O) groups is 4. The molecule has 0 heterocycles. The van der Waals surface area contributed by atoms with Crippen LogP contribution in [0.5, 0.6) is 5.75 Å². The van der Waals surface area contributed by atoms with Gasteiger partial charge in [0.1, 0.15) is 18.1 Å². The predicted molar refractivity (Wildman–Crippen MR) is 104 cm³/mol. The van der Waals surface area contributed by atoms with Crippen LogP contribution in [0, 0.1) is 5.82 Å². The number of hydrogen-bond acceptors (Lipinski definition) is 6. The van der Waals surface area contributed by atoms with Crippen molar-refractivity contribution in [2.45, 2.75) is 6.92 Å². The molecule has 3 N–H and O–H groups in total. The second-order valence-electron chi connectivity index (χ2n) is 5.78. The van der Waals surface area contributed by atoms with Gasteiger partial charge < -0.3 is 20.1 Å². The number of nitrogens with one attached hydrogen (secondary N) is 3. The molecular weight excluding hydrogens is 397 g/mol. The van der Waals surface area contributed by atoms with Crippen molar-refractivity contribution in [1.29, 1.82) is 0 Å². The predicted octanol–water partition coefficient (Wildman–Crippen LogP) is 1.85. The first kappa shape index (κ1) is 22.3. The minimum atomic E-state index is -0.982. The summed E-state index contributed by atoms with van der Waals surface area (Å²) in [5, 5.41) is 6.38. The minimum Gasteiger partial charge on any atom is -0.494 e. The molecule has 2 aromatic rings. The summed E-state index contributed by atoms with van der Waals surface area (Å²) in [5.74, 6) is -2.37. The first-order valence-electron chi connectivity index (χ1n) is 8.91. The van der Waals surface area contributed by atoms with E-state index in [0.717, 1.165) is 6.07 Å². The molecule has 30 heavy (non-hydrogen) atoms. The van der Waals surface area contributed by atoms with E-state index in [0.29, 0.717) is 17.9 Å². The molecule has 0 aromatic heterocycles. The maximum Gasteiger partial charge on any atom is 0.326 e. The number of rotatable bonds is 8. The summed E-state index contributed by atoms with van der Waals surface area (Å²) in [7, 11) is 0. The summed E-state index contributed by atoms with van der Waals surface area (Å²) in [5.41, 5.74) is 0.200. The fourth-order valence-electron chi connectivity index (χ4n) is 2.20. The van der Waals surface area contributed by atoms with Crippen LogP contribution in [-0.2, 0) is 14.3 Å². The third-order valence-electron chi connectivity index (χ3n) is 3.56. The van der Waals surface area contributed by atoms with Crippen LogP contribution < -0.4 is 20.7 Å². The van der Waals surface area contributed by atoms with Gasteiger partial charge in [0.05, 0.1) is 12.3 Å². The molecule has 0 radical (unpaired) electrons. The molecule has 0 aliphatic carbocycles. The zero-order valence-electron chi connectivity index (χ0n) is 16.1. The lowest BCUT2D eigenvalue weighted by Crippen LogP contribution is -2.38. The van der Waals surface area contributed by atoms with Crippen LogP contribution >= 0.6 is 0 Å². The van der Waals surface area contributed by atoms with Gasteiger partial charge in [0, 0.05) is 5.56 Å². The van der Waals surface area contributed by atoms with Crippen LogP contribution in [0.1, 0.15) is 17.3 Å². The third kappa shape index (κ3) is 7.23. The number of anilines is 1. The Morgan fingerprint density at radius 1 is 1.00 bits per heavy atom. The Morgan fingerprint density at radius 3 is 2.37 bits per heavy atom. The molecule has 0 saturated heterocycles. The van der Waals surface area contributed by atoms with Gasteiger partial charge in [0.25, 0.3) is 11.8 Å². The van der Waals surface area contributed by atoms with Gasteiger partial charge in [-0.15, -0.1) is 0 Å². The number of urea groups is 1. The highest BCUT2D eigenvalue weighted by atomic mass is 19.1. The molecule has 0 aliphatic heterocycles. The van der Waals surface area contributed by atoms with Crippen molar-refractivity contribution in [2.24, 2.45) is 0 Å². The first-order chi connectivity index (χ1) is 14.4. The number of imide groups is 1. The van der Waals surface area contributed by atoms with Crippen molar-refractivity contribution in [3.63, 3.8) is 0 Å². The fraction of sp³-hybridized carbons (Fsp3) is 0.200. The molecule has 2 rings (SSSR count).